The second-order valence-corrected chi connectivity index (χ2v) is 3.21. The highest BCUT2D eigenvalue weighted by molar-refractivity contribution is 5.64. The Morgan fingerprint density at radius 3 is 2.82 bits per heavy atom. The molecule has 1 unspecified atom stereocenters. The quantitative estimate of drug-likeness (QED) is 0.369. The molecule has 0 aromatic rings. The van der Waals surface area contributed by atoms with E-state index in [0.717, 1.165) is 0 Å². The van der Waals surface area contributed by atoms with Crippen LogP contribution in [-0.4, -0.2) is 30.9 Å². The van der Waals surface area contributed by atoms with E-state index in [1.54, 1.807) is 0 Å². The SMILES string of the molecule is CC(C)(/C=N\O)C1COCO1. The summed E-state index contributed by atoms with van der Waals surface area (Å²) in [5, 5.41) is 11.3. The molecule has 4 nitrogen and oxygen atoms in total. The molecule has 1 rings (SSSR count). The summed E-state index contributed by atoms with van der Waals surface area (Å²) in [5.41, 5.74) is -0.259. The first-order valence-corrected chi connectivity index (χ1v) is 3.55. The van der Waals surface area contributed by atoms with Crippen molar-refractivity contribution in [2.75, 3.05) is 13.4 Å². The van der Waals surface area contributed by atoms with Gasteiger partial charge >= 0.3 is 0 Å². The van der Waals surface area contributed by atoms with Crippen LogP contribution in [0.25, 0.3) is 0 Å². The Morgan fingerprint density at radius 1 is 1.64 bits per heavy atom. The minimum atomic E-state index is -0.259. The average Bonchev–Trinajstić information content (AvgIpc) is 2.37. The largest absolute Gasteiger partial charge is 0.411 e. The standard InChI is InChI=1S/C7H13NO3/c1-7(2,4-8-9)6-3-10-5-11-6/h4,6,9H,3,5H2,1-2H3/b8-4-. The molecule has 1 N–H and O–H groups in total. The monoisotopic (exact) mass is 159 g/mol. The third-order valence-electron chi connectivity index (χ3n) is 1.84. The van der Waals surface area contributed by atoms with E-state index in [1.165, 1.54) is 6.21 Å². The van der Waals surface area contributed by atoms with Gasteiger partial charge in [-0.1, -0.05) is 13.8 Å². The maximum Gasteiger partial charge on any atom is 0.147 e. The summed E-state index contributed by atoms with van der Waals surface area (Å²) >= 11 is 0. The van der Waals surface area contributed by atoms with Gasteiger partial charge in [0.1, 0.15) is 6.79 Å². The highest BCUT2D eigenvalue weighted by Crippen LogP contribution is 2.24. The number of hydrogen-bond acceptors (Lipinski definition) is 4. The fourth-order valence-electron chi connectivity index (χ4n) is 0.995. The number of ether oxygens (including phenoxy) is 2. The van der Waals surface area contributed by atoms with E-state index in [2.05, 4.69) is 5.16 Å². The van der Waals surface area contributed by atoms with Gasteiger partial charge < -0.3 is 14.7 Å². The molecular formula is C7H13NO3. The first-order chi connectivity index (χ1) is 5.17. The van der Waals surface area contributed by atoms with Crippen molar-refractivity contribution in [2.24, 2.45) is 10.6 Å². The summed E-state index contributed by atoms with van der Waals surface area (Å²) in [6.07, 6.45) is 1.46. The van der Waals surface area contributed by atoms with Crippen molar-refractivity contribution >= 4 is 6.21 Å². The van der Waals surface area contributed by atoms with Gasteiger partial charge in [0.2, 0.25) is 0 Å². The van der Waals surface area contributed by atoms with Crippen LogP contribution in [0.3, 0.4) is 0 Å². The predicted octanol–water partition coefficient (Wildman–Crippen LogP) is 0.845. The molecule has 0 aliphatic carbocycles. The van der Waals surface area contributed by atoms with Crippen molar-refractivity contribution in [3.8, 4) is 0 Å². The molecule has 1 aliphatic heterocycles. The van der Waals surface area contributed by atoms with E-state index in [1.807, 2.05) is 13.8 Å². The Kier molecular flexibility index (Phi) is 2.46. The van der Waals surface area contributed by atoms with Crippen LogP contribution in [0.15, 0.2) is 5.16 Å². The lowest BCUT2D eigenvalue weighted by atomic mass is 9.88. The molecule has 0 amide bonds. The molecule has 0 bridgehead atoms. The van der Waals surface area contributed by atoms with E-state index in [-0.39, 0.29) is 11.5 Å². The fourth-order valence-corrected chi connectivity index (χ4v) is 0.995. The zero-order valence-corrected chi connectivity index (χ0v) is 6.78. The van der Waals surface area contributed by atoms with Crippen LogP contribution < -0.4 is 0 Å². The van der Waals surface area contributed by atoms with Crippen LogP contribution in [0.5, 0.6) is 0 Å². The third kappa shape index (κ3) is 1.91. The van der Waals surface area contributed by atoms with Crippen molar-refractivity contribution in [1.29, 1.82) is 0 Å². The first-order valence-electron chi connectivity index (χ1n) is 3.55. The predicted molar refractivity (Wildman–Crippen MR) is 39.8 cm³/mol. The smallest absolute Gasteiger partial charge is 0.147 e. The summed E-state index contributed by atoms with van der Waals surface area (Å²) in [5.74, 6) is 0. The minimum absolute atomic E-state index is 0.00148. The fraction of sp³-hybridized carbons (Fsp3) is 0.857. The van der Waals surface area contributed by atoms with Gasteiger partial charge in [0, 0.05) is 5.41 Å². The second kappa shape index (κ2) is 3.19. The Bertz CT molecular complexity index is 150. The summed E-state index contributed by atoms with van der Waals surface area (Å²) in [6.45, 7) is 4.78. The van der Waals surface area contributed by atoms with Crippen LogP contribution in [0.2, 0.25) is 0 Å². The van der Waals surface area contributed by atoms with Crippen molar-refractivity contribution in [2.45, 2.75) is 20.0 Å². The number of hydrogen-bond donors (Lipinski definition) is 1. The lowest BCUT2D eigenvalue weighted by molar-refractivity contribution is 0.0230. The van der Waals surface area contributed by atoms with Crippen molar-refractivity contribution < 1.29 is 14.7 Å². The zero-order chi connectivity index (χ0) is 8.32. The van der Waals surface area contributed by atoms with E-state index in [9.17, 15) is 0 Å². The number of nitrogens with zero attached hydrogens (tertiary/aromatic N) is 1. The maximum absolute atomic E-state index is 8.34. The molecule has 11 heavy (non-hydrogen) atoms. The Hall–Kier alpha value is -0.610. The summed E-state index contributed by atoms with van der Waals surface area (Å²) in [7, 11) is 0. The summed E-state index contributed by atoms with van der Waals surface area (Å²) in [4.78, 5) is 0. The Morgan fingerprint density at radius 2 is 2.36 bits per heavy atom. The molecule has 0 spiro atoms. The van der Waals surface area contributed by atoms with E-state index in [4.69, 9.17) is 14.7 Å². The maximum atomic E-state index is 8.34. The van der Waals surface area contributed by atoms with Gasteiger partial charge in [-0.15, -0.1) is 5.16 Å². The molecule has 64 valence electrons. The summed E-state index contributed by atoms with van der Waals surface area (Å²) in [6, 6.07) is 0. The van der Waals surface area contributed by atoms with Gasteiger partial charge in [-0.3, -0.25) is 0 Å². The normalized spacial score (nSPS) is 26.5. The highest BCUT2D eigenvalue weighted by Gasteiger charge is 2.32. The molecule has 4 heteroatoms. The zero-order valence-electron chi connectivity index (χ0n) is 6.78. The van der Waals surface area contributed by atoms with E-state index < -0.39 is 0 Å². The van der Waals surface area contributed by atoms with Gasteiger partial charge in [0.05, 0.1) is 18.9 Å². The van der Waals surface area contributed by atoms with Gasteiger partial charge in [-0.05, 0) is 0 Å². The van der Waals surface area contributed by atoms with E-state index >= 15 is 0 Å². The lowest BCUT2D eigenvalue weighted by Gasteiger charge is -2.23. The van der Waals surface area contributed by atoms with Crippen LogP contribution in [-0.2, 0) is 9.47 Å². The lowest BCUT2D eigenvalue weighted by Crippen LogP contribution is -2.32. The topological polar surface area (TPSA) is 51.1 Å². The molecular weight excluding hydrogens is 146 g/mol. The van der Waals surface area contributed by atoms with Gasteiger partial charge in [-0.25, -0.2) is 0 Å². The molecule has 1 heterocycles. The molecule has 0 aromatic carbocycles. The molecule has 1 atom stereocenters. The highest BCUT2D eigenvalue weighted by atomic mass is 16.7. The van der Waals surface area contributed by atoms with Crippen molar-refractivity contribution in [1.82, 2.24) is 0 Å². The third-order valence-corrected chi connectivity index (χ3v) is 1.84. The van der Waals surface area contributed by atoms with Crippen LogP contribution in [0.1, 0.15) is 13.8 Å². The first kappa shape index (κ1) is 8.49. The molecule has 0 saturated carbocycles. The number of oxime groups is 1. The molecule has 1 aliphatic rings. The van der Waals surface area contributed by atoms with E-state index in [0.29, 0.717) is 13.4 Å². The van der Waals surface area contributed by atoms with Crippen LogP contribution in [0.4, 0.5) is 0 Å². The Balaban J connectivity index is 2.55. The summed E-state index contributed by atoms with van der Waals surface area (Å²) < 4.78 is 10.3. The number of rotatable bonds is 2. The van der Waals surface area contributed by atoms with Crippen molar-refractivity contribution in [3.63, 3.8) is 0 Å². The molecule has 0 aromatic heterocycles. The van der Waals surface area contributed by atoms with Gasteiger partial charge in [0.15, 0.2) is 0 Å². The van der Waals surface area contributed by atoms with Gasteiger partial charge in [0.25, 0.3) is 0 Å². The van der Waals surface area contributed by atoms with Crippen LogP contribution >= 0.6 is 0 Å². The second-order valence-electron chi connectivity index (χ2n) is 3.21. The van der Waals surface area contributed by atoms with Crippen molar-refractivity contribution in [3.05, 3.63) is 0 Å². The molecule has 1 fully saturated rings. The molecule has 1 saturated heterocycles. The van der Waals surface area contributed by atoms with Crippen LogP contribution in [0, 0.1) is 5.41 Å². The van der Waals surface area contributed by atoms with Gasteiger partial charge in [-0.2, -0.15) is 0 Å². The average molecular weight is 159 g/mol. The minimum Gasteiger partial charge on any atom is -0.411 e. The Labute approximate surface area is 65.8 Å². The molecule has 0 radical (unpaired) electrons.